The molecule has 7 heteroatoms. The van der Waals surface area contributed by atoms with Crippen molar-refractivity contribution in [1.82, 2.24) is 4.98 Å². The maximum Gasteiger partial charge on any atom is 0.454 e. The van der Waals surface area contributed by atoms with Crippen LogP contribution in [0, 0.1) is 5.82 Å². The van der Waals surface area contributed by atoms with Gasteiger partial charge < -0.3 is 19.2 Å². The van der Waals surface area contributed by atoms with E-state index in [2.05, 4.69) is 4.98 Å². The minimum Gasteiger partial charge on any atom is -0.493 e. The van der Waals surface area contributed by atoms with E-state index in [0.29, 0.717) is 36.5 Å². The quantitative estimate of drug-likeness (QED) is 0.815. The summed E-state index contributed by atoms with van der Waals surface area (Å²) in [6, 6.07) is 8.77. The van der Waals surface area contributed by atoms with Crippen molar-refractivity contribution < 1.29 is 23.5 Å². The van der Waals surface area contributed by atoms with E-state index >= 15 is 0 Å². The predicted octanol–water partition coefficient (Wildman–Crippen LogP) is 3.28. The third-order valence-electron chi connectivity index (χ3n) is 4.17. The summed E-state index contributed by atoms with van der Waals surface area (Å²) in [5, 5.41) is 9.53. The second-order valence-corrected chi connectivity index (χ2v) is 5.98. The van der Waals surface area contributed by atoms with Crippen LogP contribution in [0.2, 0.25) is 6.32 Å². The van der Waals surface area contributed by atoms with Crippen LogP contribution in [0.25, 0.3) is 11.3 Å². The molecule has 1 saturated heterocycles. The van der Waals surface area contributed by atoms with Crippen molar-refractivity contribution in [3.8, 4) is 22.8 Å². The van der Waals surface area contributed by atoms with Crippen LogP contribution in [0.4, 0.5) is 4.39 Å². The van der Waals surface area contributed by atoms with Gasteiger partial charge in [0.25, 0.3) is 0 Å². The SMILES string of the molecule is CCCOc1c(OC)ccc(-c2cccc([C@H]3COB(O)C3)n2)c1F. The maximum absolute atomic E-state index is 15.0. The smallest absolute Gasteiger partial charge is 0.454 e. The monoisotopic (exact) mass is 345 g/mol. The topological polar surface area (TPSA) is 60.8 Å². The molecule has 0 amide bonds. The van der Waals surface area contributed by atoms with Gasteiger partial charge in [-0.05, 0) is 37.0 Å². The number of pyridine rings is 1. The number of methoxy groups -OCH3 is 1. The summed E-state index contributed by atoms with van der Waals surface area (Å²) < 4.78 is 30.9. The van der Waals surface area contributed by atoms with Crippen molar-refractivity contribution in [3.63, 3.8) is 0 Å². The molecule has 1 fully saturated rings. The van der Waals surface area contributed by atoms with Gasteiger partial charge in [0.05, 0.1) is 19.4 Å². The molecule has 0 spiro atoms. The molecule has 132 valence electrons. The minimum absolute atomic E-state index is 0.00655. The van der Waals surface area contributed by atoms with Gasteiger partial charge in [0.2, 0.25) is 0 Å². The first-order valence-electron chi connectivity index (χ1n) is 8.40. The van der Waals surface area contributed by atoms with E-state index in [4.69, 9.17) is 14.1 Å². The molecular formula is C18H21BFNO4. The van der Waals surface area contributed by atoms with Crippen LogP contribution in [-0.4, -0.2) is 37.4 Å². The van der Waals surface area contributed by atoms with Crippen molar-refractivity contribution in [3.05, 3.63) is 41.8 Å². The zero-order valence-corrected chi connectivity index (χ0v) is 14.4. The number of ether oxygens (including phenoxy) is 2. The highest BCUT2D eigenvalue weighted by molar-refractivity contribution is 6.43. The zero-order chi connectivity index (χ0) is 17.8. The molecule has 5 nitrogen and oxygen atoms in total. The lowest BCUT2D eigenvalue weighted by molar-refractivity contribution is 0.280. The Bertz CT molecular complexity index is 743. The van der Waals surface area contributed by atoms with Gasteiger partial charge in [-0.1, -0.05) is 13.0 Å². The molecule has 1 aromatic carbocycles. The molecule has 0 radical (unpaired) electrons. The van der Waals surface area contributed by atoms with Crippen LogP contribution in [0.15, 0.2) is 30.3 Å². The lowest BCUT2D eigenvalue weighted by Gasteiger charge is -2.14. The number of aromatic nitrogens is 1. The number of rotatable bonds is 6. The third kappa shape index (κ3) is 3.77. The van der Waals surface area contributed by atoms with Gasteiger partial charge >= 0.3 is 7.12 Å². The van der Waals surface area contributed by atoms with E-state index in [1.54, 1.807) is 18.2 Å². The number of hydrogen-bond donors (Lipinski definition) is 1. The number of benzene rings is 1. The van der Waals surface area contributed by atoms with Crippen LogP contribution >= 0.6 is 0 Å². The van der Waals surface area contributed by atoms with Crippen LogP contribution in [-0.2, 0) is 4.65 Å². The average molecular weight is 345 g/mol. The largest absolute Gasteiger partial charge is 0.493 e. The Hall–Kier alpha value is -2.12. The van der Waals surface area contributed by atoms with Gasteiger partial charge in [0, 0.05) is 23.8 Å². The van der Waals surface area contributed by atoms with Gasteiger partial charge in [-0.2, -0.15) is 0 Å². The molecule has 25 heavy (non-hydrogen) atoms. The zero-order valence-electron chi connectivity index (χ0n) is 14.4. The Balaban J connectivity index is 1.96. The molecule has 0 aliphatic carbocycles. The van der Waals surface area contributed by atoms with E-state index in [1.807, 2.05) is 19.1 Å². The first kappa shape index (κ1) is 17.7. The predicted molar refractivity (Wildman–Crippen MR) is 93.4 cm³/mol. The average Bonchev–Trinajstić information content (AvgIpc) is 3.07. The lowest BCUT2D eigenvalue weighted by atomic mass is 9.81. The first-order chi connectivity index (χ1) is 12.1. The normalized spacial score (nSPS) is 17.0. The second-order valence-electron chi connectivity index (χ2n) is 5.98. The fraction of sp³-hybridized carbons (Fsp3) is 0.389. The molecule has 1 atom stereocenters. The highest BCUT2D eigenvalue weighted by atomic mass is 19.1. The molecule has 0 bridgehead atoms. The van der Waals surface area contributed by atoms with Crippen molar-refractivity contribution in [2.45, 2.75) is 25.6 Å². The maximum atomic E-state index is 15.0. The summed E-state index contributed by atoms with van der Waals surface area (Å²) in [5.74, 6) is -0.0147. The molecule has 1 aliphatic heterocycles. The summed E-state index contributed by atoms with van der Waals surface area (Å²) in [6.45, 7) is 2.77. The molecule has 1 aromatic heterocycles. The van der Waals surface area contributed by atoms with Crippen LogP contribution < -0.4 is 9.47 Å². The number of halogens is 1. The van der Waals surface area contributed by atoms with Crippen molar-refractivity contribution >= 4 is 7.12 Å². The third-order valence-corrected chi connectivity index (χ3v) is 4.17. The molecule has 1 aliphatic rings. The van der Waals surface area contributed by atoms with Crippen LogP contribution in [0.1, 0.15) is 25.0 Å². The van der Waals surface area contributed by atoms with Gasteiger partial charge in [0.15, 0.2) is 17.3 Å². The Morgan fingerprint density at radius 2 is 2.20 bits per heavy atom. The highest BCUT2D eigenvalue weighted by Gasteiger charge is 2.30. The number of nitrogens with zero attached hydrogens (tertiary/aromatic N) is 1. The molecule has 1 N–H and O–H groups in total. The molecular weight excluding hydrogens is 324 g/mol. The summed E-state index contributed by atoms with van der Waals surface area (Å²) in [6.07, 6.45) is 1.26. The summed E-state index contributed by atoms with van der Waals surface area (Å²) in [7, 11) is 0.722. The molecule has 2 heterocycles. The lowest BCUT2D eigenvalue weighted by Crippen LogP contribution is -2.08. The van der Waals surface area contributed by atoms with Gasteiger partial charge in [-0.25, -0.2) is 4.39 Å². The Kier molecular flexibility index (Phi) is 5.55. The van der Waals surface area contributed by atoms with Crippen LogP contribution in [0.3, 0.4) is 0 Å². The van der Waals surface area contributed by atoms with Crippen LogP contribution in [0.5, 0.6) is 11.5 Å². The van der Waals surface area contributed by atoms with Crippen molar-refractivity contribution in [1.29, 1.82) is 0 Å². The Morgan fingerprint density at radius 3 is 2.88 bits per heavy atom. The van der Waals surface area contributed by atoms with Crippen molar-refractivity contribution in [2.24, 2.45) is 0 Å². The first-order valence-corrected chi connectivity index (χ1v) is 8.40. The van der Waals surface area contributed by atoms with Crippen molar-refractivity contribution in [2.75, 3.05) is 20.3 Å². The summed E-state index contributed by atoms with van der Waals surface area (Å²) >= 11 is 0. The van der Waals surface area contributed by atoms with Gasteiger partial charge in [-0.3, -0.25) is 4.98 Å². The van der Waals surface area contributed by atoms with Gasteiger partial charge in [0.1, 0.15) is 0 Å². The highest BCUT2D eigenvalue weighted by Crippen LogP contribution is 2.37. The molecule has 3 rings (SSSR count). The summed E-state index contributed by atoms with van der Waals surface area (Å²) in [4.78, 5) is 4.57. The van der Waals surface area contributed by atoms with Gasteiger partial charge in [-0.15, -0.1) is 0 Å². The molecule has 0 saturated carbocycles. The van der Waals surface area contributed by atoms with E-state index < -0.39 is 12.9 Å². The Morgan fingerprint density at radius 1 is 1.36 bits per heavy atom. The molecule has 0 unspecified atom stereocenters. The van der Waals surface area contributed by atoms with E-state index in [1.165, 1.54) is 7.11 Å². The number of hydrogen-bond acceptors (Lipinski definition) is 5. The van der Waals surface area contributed by atoms with E-state index in [0.717, 1.165) is 12.1 Å². The standard InChI is InChI=1S/C18H21BFNO4/c1-3-9-24-18-16(23-2)8-7-13(17(18)20)15-6-4-5-14(21-15)12-10-19(22)25-11-12/h4-8,12,22H,3,9-11H2,1-2H3/t12-/m1/s1. The second kappa shape index (κ2) is 7.84. The minimum atomic E-state index is -0.762. The van der Waals surface area contributed by atoms with E-state index in [-0.39, 0.29) is 11.7 Å². The molecule has 2 aromatic rings. The fourth-order valence-corrected chi connectivity index (χ4v) is 2.88. The Labute approximate surface area is 146 Å². The van der Waals surface area contributed by atoms with E-state index in [9.17, 15) is 9.41 Å². The summed E-state index contributed by atoms with van der Waals surface area (Å²) in [5.41, 5.74) is 1.65. The fourth-order valence-electron chi connectivity index (χ4n) is 2.88.